The summed E-state index contributed by atoms with van der Waals surface area (Å²) in [6, 6.07) is 22.0. The second kappa shape index (κ2) is 8.07. The third-order valence-corrected chi connectivity index (χ3v) is 3.88. The number of amides is 2. The highest BCUT2D eigenvalue weighted by atomic mass is 16.2. The first-order chi connectivity index (χ1) is 12.6. The number of para-hydroxylation sites is 1. The van der Waals surface area contributed by atoms with Gasteiger partial charge in [-0.15, -0.1) is 0 Å². The van der Waals surface area contributed by atoms with E-state index in [0.717, 1.165) is 5.56 Å². The van der Waals surface area contributed by atoms with Crippen molar-refractivity contribution in [3.8, 4) is 0 Å². The molecule has 0 fully saturated rings. The Balaban J connectivity index is 1.71. The molecule has 0 saturated carbocycles. The van der Waals surface area contributed by atoms with E-state index in [4.69, 9.17) is 0 Å². The number of hydrogen-bond acceptors (Lipinski definition) is 3. The van der Waals surface area contributed by atoms with Gasteiger partial charge in [0.05, 0.1) is 0 Å². The van der Waals surface area contributed by atoms with Gasteiger partial charge >= 0.3 is 0 Å². The van der Waals surface area contributed by atoms with E-state index in [9.17, 15) is 9.59 Å². The average molecular weight is 345 g/mol. The Morgan fingerprint density at radius 2 is 1.62 bits per heavy atom. The lowest BCUT2D eigenvalue weighted by Gasteiger charge is -2.17. The summed E-state index contributed by atoms with van der Waals surface area (Å²) in [5.41, 5.74) is 2.36. The van der Waals surface area contributed by atoms with Gasteiger partial charge in [-0.25, -0.2) is 0 Å². The molecule has 1 aromatic heterocycles. The van der Waals surface area contributed by atoms with Crippen molar-refractivity contribution in [2.75, 3.05) is 12.4 Å². The first-order valence-corrected chi connectivity index (χ1v) is 8.25. The van der Waals surface area contributed by atoms with Gasteiger partial charge < -0.3 is 10.2 Å². The summed E-state index contributed by atoms with van der Waals surface area (Å²) in [7, 11) is 1.72. The van der Waals surface area contributed by atoms with Gasteiger partial charge in [0, 0.05) is 31.0 Å². The maximum atomic E-state index is 12.6. The number of aromatic nitrogens is 1. The average Bonchev–Trinajstić information content (AvgIpc) is 2.69. The molecule has 0 aliphatic heterocycles. The molecule has 2 amide bonds. The lowest BCUT2D eigenvalue weighted by Crippen LogP contribution is -2.27. The molecule has 26 heavy (non-hydrogen) atoms. The predicted molar refractivity (Wildman–Crippen MR) is 101 cm³/mol. The molecule has 1 N–H and O–H groups in total. The van der Waals surface area contributed by atoms with Crippen molar-refractivity contribution < 1.29 is 9.59 Å². The number of nitrogens with one attached hydrogen (secondary N) is 1. The van der Waals surface area contributed by atoms with Crippen LogP contribution in [0.5, 0.6) is 0 Å². The van der Waals surface area contributed by atoms with Crippen molar-refractivity contribution in [2.45, 2.75) is 6.54 Å². The Kier molecular flexibility index (Phi) is 5.39. The second-order valence-electron chi connectivity index (χ2n) is 5.90. The number of benzene rings is 2. The van der Waals surface area contributed by atoms with Crippen molar-refractivity contribution in [1.29, 1.82) is 0 Å². The molecule has 5 nitrogen and oxygen atoms in total. The lowest BCUT2D eigenvalue weighted by atomic mass is 10.1. The van der Waals surface area contributed by atoms with Crippen LogP contribution in [-0.2, 0) is 6.54 Å². The summed E-state index contributed by atoms with van der Waals surface area (Å²) in [6.07, 6.45) is 1.48. The Hall–Kier alpha value is -3.47. The normalized spacial score (nSPS) is 10.2. The van der Waals surface area contributed by atoms with Crippen molar-refractivity contribution in [3.63, 3.8) is 0 Å². The fourth-order valence-electron chi connectivity index (χ4n) is 2.54. The molecule has 0 bridgehead atoms. The molecule has 0 spiro atoms. The molecule has 2 aromatic carbocycles. The Labute approximate surface area is 152 Å². The SMILES string of the molecule is CN(Cc1ccccc1)C(=O)c1cc(C(=O)Nc2ccccc2)ccn1. The van der Waals surface area contributed by atoms with Crippen LogP contribution in [-0.4, -0.2) is 28.7 Å². The quantitative estimate of drug-likeness (QED) is 0.768. The fraction of sp³-hybridized carbons (Fsp3) is 0.0952. The monoisotopic (exact) mass is 345 g/mol. The second-order valence-corrected chi connectivity index (χ2v) is 5.90. The van der Waals surface area contributed by atoms with Gasteiger partial charge in [0.1, 0.15) is 5.69 Å². The zero-order chi connectivity index (χ0) is 18.4. The van der Waals surface area contributed by atoms with Crippen LogP contribution in [0.1, 0.15) is 26.4 Å². The maximum absolute atomic E-state index is 12.6. The summed E-state index contributed by atoms with van der Waals surface area (Å²) < 4.78 is 0. The van der Waals surface area contributed by atoms with Gasteiger partial charge in [0.15, 0.2) is 0 Å². The van der Waals surface area contributed by atoms with Gasteiger partial charge in [-0.3, -0.25) is 14.6 Å². The molecule has 0 saturated heterocycles. The molecule has 1 heterocycles. The molecule has 3 aromatic rings. The standard InChI is InChI=1S/C21H19N3O2/c1-24(15-16-8-4-2-5-9-16)21(26)19-14-17(12-13-22-19)20(25)23-18-10-6-3-7-11-18/h2-14H,15H2,1H3,(H,23,25). The van der Waals surface area contributed by atoms with E-state index < -0.39 is 0 Å². The van der Waals surface area contributed by atoms with Crippen LogP contribution in [0.25, 0.3) is 0 Å². The first-order valence-electron chi connectivity index (χ1n) is 8.25. The molecular formula is C21H19N3O2. The third kappa shape index (κ3) is 4.33. The number of rotatable bonds is 5. The Morgan fingerprint density at radius 3 is 2.31 bits per heavy atom. The number of anilines is 1. The number of carbonyl (C=O) groups excluding carboxylic acids is 2. The highest BCUT2D eigenvalue weighted by molar-refractivity contribution is 6.05. The lowest BCUT2D eigenvalue weighted by molar-refractivity contribution is 0.0779. The summed E-state index contributed by atoms with van der Waals surface area (Å²) >= 11 is 0. The maximum Gasteiger partial charge on any atom is 0.272 e. The predicted octanol–water partition coefficient (Wildman–Crippen LogP) is 3.61. The molecule has 130 valence electrons. The van der Waals surface area contributed by atoms with Crippen LogP contribution >= 0.6 is 0 Å². The summed E-state index contributed by atoms with van der Waals surface area (Å²) in [6.45, 7) is 0.474. The molecule has 0 aliphatic rings. The van der Waals surface area contributed by atoms with Crippen LogP contribution < -0.4 is 5.32 Å². The van der Waals surface area contributed by atoms with Crippen LogP contribution in [0.3, 0.4) is 0 Å². The number of hydrogen-bond donors (Lipinski definition) is 1. The van der Waals surface area contributed by atoms with Crippen molar-refractivity contribution in [2.24, 2.45) is 0 Å². The van der Waals surface area contributed by atoms with E-state index in [-0.39, 0.29) is 17.5 Å². The highest BCUT2D eigenvalue weighted by Gasteiger charge is 2.16. The van der Waals surface area contributed by atoms with Crippen LogP contribution in [0, 0.1) is 0 Å². The van der Waals surface area contributed by atoms with E-state index in [1.54, 1.807) is 30.1 Å². The summed E-state index contributed by atoms with van der Waals surface area (Å²) in [5.74, 6) is -0.512. The highest BCUT2D eigenvalue weighted by Crippen LogP contribution is 2.11. The molecular weight excluding hydrogens is 326 g/mol. The zero-order valence-electron chi connectivity index (χ0n) is 14.4. The van der Waals surface area contributed by atoms with Crippen molar-refractivity contribution >= 4 is 17.5 Å². The van der Waals surface area contributed by atoms with Gasteiger partial charge in [-0.1, -0.05) is 48.5 Å². The molecule has 0 radical (unpaired) electrons. The Morgan fingerprint density at radius 1 is 0.962 bits per heavy atom. The fourth-order valence-corrected chi connectivity index (χ4v) is 2.54. The van der Waals surface area contributed by atoms with Gasteiger partial charge in [-0.2, -0.15) is 0 Å². The largest absolute Gasteiger partial charge is 0.336 e. The molecule has 0 atom stereocenters. The molecule has 3 rings (SSSR count). The van der Waals surface area contributed by atoms with Gasteiger partial charge in [-0.05, 0) is 29.8 Å². The third-order valence-electron chi connectivity index (χ3n) is 3.88. The van der Waals surface area contributed by atoms with E-state index in [1.165, 1.54) is 12.3 Å². The minimum absolute atomic E-state index is 0.233. The van der Waals surface area contributed by atoms with Crippen LogP contribution in [0.15, 0.2) is 79.0 Å². The number of pyridine rings is 1. The van der Waals surface area contributed by atoms with E-state index in [1.807, 2.05) is 48.5 Å². The summed E-state index contributed by atoms with van der Waals surface area (Å²) in [4.78, 5) is 30.7. The first kappa shape index (κ1) is 17.4. The molecule has 0 unspecified atom stereocenters. The summed E-state index contributed by atoms with van der Waals surface area (Å²) in [5, 5.41) is 2.80. The van der Waals surface area contributed by atoms with Gasteiger partial charge in [0.2, 0.25) is 0 Å². The Bertz CT molecular complexity index is 895. The topological polar surface area (TPSA) is 62.3 Å². The van der Waals surface area contributed by atoms with Crippen molar-refractivity contribution in [3.05, 3.63) is 95.8 Å². The van der Waals surface area contributed by atoms with Crippen molar-refractivity contribution in [1.82, 2.24) is 9.88 Å². The van der Waals surface area contributed by atoms with Gasteiger partial charge in [0.25, 0.3) is 11.8 Å². The van der Waals surface area contributed by atoms with Crippen LogP contribution in [0.4, 0.5) is 5.69 Å². The number of carbonyl (C=O) groups is 2. The minimum atomic E-state index is -0.279. The van der Waals surface area contributed by atoms with E-state index in [0.29, 0.717) is 17.8 Å². The smallest absolute Gasteiger partial charge is 0.272 e. The molecule has 5 heteroatoms. The zero-order valence-corrected chi connectivity index (χ0v) is 14.4. The van der Waals surface area contributed by atoms with E-state index in [2.05, 4.69) is 10.3 Å². The minimum Gasteiger partial charge on any atom is -0.336 e. The number of nitrogens with zero attached hydrogens (tertiary/aromatic N) is 2. The molecule has 0 aliphatic carbocycles. The van der Waals surface area contributed by atoms with Crippen LogP contribution in [0.2, 0.25) is 0 Å². The van der Waals surface area contributed by atoms with E-state index >= 15 is 0 Å².